The molecule has 2 bridgehead atoms. The summed E-state index contributed by atoms with van der Waals surface area (Å²) >= 11 is 0. The maximum absolute atomic E-state index is 9.61. The molecule has 0 radical (unpaired) electrons. The van der Waals surface area contributed by atoms with E-state index in [0.29, 0.717) is 17.8 Å². The Bertz CT molecular complexity index is 243. The van der Waals surface area contributed by atoms with Crippen LogP contribution in [0.5, 0.6) is 0 Å². The van der Waals surface area contributed by atoms with Crippen LogP contribution in [0.4, 0.5) is 0 Å². The standard InChI is InChI=1S/C13H22O2/c1-2-3-4-12-10-5-6-11(7-10)13(12,8-14)9-15/h5-6,10-12,14-15H,2-4,7-9H2,1H3. The summed E-state index contributed by atoms with van der Waals surface area (Å²) in [5, 5.41) is 19.2. The molecule has 0 saturated heterocycles. The van der Waals surface area contributed by atoms with Gasteiger partial charge in [-0.15, -0.1) is 0 Å². The minimum atomic E-state index is -0.214. The number of aliphatic hydroxyl groups is 2. The van der Waals surface area contributed by atoms with Crippen LogP contribution in [-0.4, -0.2) is 23.4 Å². The van der Waals surface area contributed by atoms with Crippen LogP contribution in [0.25, 0.3) is 0 Å². The van der Waals surface area contributed by atoms with Gasteiger partial charge in [-0.05, 0) is 30.6 Å². The second kappa shape index (κ2) is 4.26. The van der Waals surface area contributed by atoms with Crippen molar-refractivity contribution in [3.63, 3.8) is 0 Å². The molecule has 2 aliphatic rings. The molecule has 2 heteroatoms. The van der Waals surface area contributed by atoms with Crippen molar-refractivity contribution in [3.8, 4) is 0 Å². The third-order valence-corrected chi connectivity index (χ3v) is 4.57. The Morgan fingerprint density at radius 1 is 1.27 bits per heavy atom. The summed E-state index contributed by atoms with van der Waals surface area (Å²) in [5.74, 6) is 1.53. The highest BCUT2D eigenvalue weighted by molar-refractivity contribution is 5.19. The smallest absolute Gasteiger partial charge is 0.0518 e. The molecule has 2 N–H and O–H groups in total. The number of fused-ring (bicyclic) bond motifs is 2. The molecular weight excluding hydrogens is 188 g/mol. The minimum Gasteiger partial charge on any atom is -0.396 e. The maximum atomic E-state index is 9.61. The second-order valence-electron chi connectivity index (χ2n) is 5.19. The first kappa shape index (κ1) is 11.2. The topological polar surface area (TPSA) is 40.5 Å². The highest BCUT2D eigenvalue weighted by atomic mass is 16.3. The van der Waals surface area contributed by atoms with E-state index in [-0.39, 0.29) is 18.6 Å². The van der Waals surface area contributed by atoms with Crippen molar-refractivity contribution >= 4 is 0 Å². The first-order valence-corrected chi connectivity index (χ1v) is 6.18. The summed E-state index contributed by atoms with van der Waals surface area (Å²) in [6.45, 7) is 2.48. The van der Waals surface area contributed by atoms with Crippen LogP contribution in [0.3, 0.4) is 0 Å². The number of hydrogen-bond donors (Lipinski definition) is 2. The van der Waals surface area contributed by atoms with Gasteiger partial charge in [0.05, 0.1) is 13.2 Å². The van der Waals surface area contributed by atoms with E-state index in [4.69, 9.17) is 0 Å². The fraction of sp³-hybridized carbons (Fsp3) is 0.846. The molecule has 0 spiro atoms. The van der Waals surface area contributed by atoms with Gasteiger partial charge in [-0.25, -0.2) is 0 Å². The van der Waals surface area contributed by atoms with E-state index in [1.807, 2.05) is 0 Å². The Morgan fingerprint density at radius 3 is 2.60 bits per heavy atom. The van der Waals surface area contributed by atoms with E-state index in [0.717, 1.165) is 12.8 Å². The number of hydrogen-bond acceptors (Lipinski definition) is 2. The largest absolute Gasteiger partial charge is 0.396 e. The maximum Gasteiger partial charge on any atom is 0.0518 e. The lowest BCUT2D eigenvalue weighted by molar-refractivity contribution is -0.0109. The molecule has 1 saturated carbocycles. The van der Waals surface area contributed by atoms with Crippen molar-refractivity contribution < 1.29 is 10.2 Å². The summed E-state index contributed by atoms with van der Waals surface area (Å²) in [6, 6.07) is 0. The number of aliphatic hydroxyl groups excluding tert-OH is 2. The van der Waals surface area contributed by atoms with E-state index in [2.05, 4.69) is 19.1 Å². The van der Waals surface area contributed by atoms with Crippen LogP contribution < -0.4 is 0 Å². The zero-order chi connectivity index (χ0) is 10.9. The molecule has 0 aliphatic heterocycles. The highest BCUT2D eigenvalue weighted by Gasteiger charge is 2.54. The molecular formula is C13H22O2. The predicted molar refractivity (Wildman–Crippen MR) is 60.4 cm³/mol. The third-order valence-electron chi connectivity index (χ3n) is 4.57. The molecule has 0 aromatic rings. The van der Waals surface area contributed by atoms with E-state index in [1.165, 1.54) is 12.8 Å². The number of unbranched alkanes of at least 4 members (excludes halogenated alkanes) is 1. The van der Waals surface area contributed by atoms with Gasteiger partial charge in [-0.3, -0.25) is 0 Å². The molecule has 2 rings (SSSR count). The monoisotopic (exact) mass is 210 g/mol. The van der Waals surface area contributed by atoms with Gasteiger partial charge in [0.2, 0.25) is 0 Å². The van der Waals surface area contributed by atoms with Crippen molar-refractivity contribution in [2.24, 2.45) is 23.2 Å². The average molecular weight is 210 g/mol. The quantitative estimate of drug-likeness (QED) is 0.681. The van der Waals surface area contributed by atoms with Gasteiger partial charge in [0, 0.05) is 5.41 Å². The Labute approximate surface area is 92.0 Å². The third kappa shape index (κ3) is 1.55. The van der Waals surface area contributed by atoms with Crippen LogP contribution in [0.2, 0.25) is 0 Å². The minimum absolute atomic E-state index is 0.142. The lowest BCUT2D eigenvalue weighted by Gasteiger charge is -2.39. The Hall–Kier alpha value is -0.340. The Morgan fingerprint density at radius 2 is 2.00 bits per heavy atom. The van der Waals surface area contributed by atoms with Crippen LogP contribution in [0.15, 0.2) is 12.2 Å². The fourth-order valence-electron chi connectivity index (χ4n) is 3.60. The molecule has 0 aromatic carbocycles. The molecule has 2 aliphatic carbocycles. The second-order valence-corrected chi connectivity index (χ2v) is 5.19. The molecule has 15 heavy (non-hydrogen) atoms. The van der Waals surface area contributed by atoms with Crippen molar-refractivity contribution in [3.05, 3.63) is 12.2 Å². The fourth-order valence-corrected chi connectivity index (χ4v) is 3.60. The van der Waals surface area contributed by atoms with E-state index < -0.39 is 0 Å². The summed E-state index contributed by atoms with van der Waals surface area (Å²) in [7, 11) is 0. The zero-order valence-electron chi connectivity index (χ0n) is 9.52. The van der Waals surface area contributed by atoms with Gasteiger partial charge in [0.1, 0.15) is 0 Å². The van der Waals surface area contributed by atoms with Gasteiger partial charge in [0.25, 0.3) is 0 Å². The van der Waals surface area contributed by atoms with Crippen molar-refractivity contribution in [1.29, 1.82) is 0 Å². The van der Waals surface area contributed by atoms with E-state index in [9.17, 15) is 10.2 Å². The molecule has 86 valence electrons. The SMILES string of the molecule is CCCCC1C2C=CC(C2)C1(CO)CO. The summed E-state index contributed by atoms with van der Waals surface area (Å²) in [6.07, 6.45) is 9.22. The van der Waals surface area contributed by atoms with Gasteiger partial charge in [-0.2, -0.15) is 0 Å². The average Bonchev–Trinajstić information content (AvgIpc) is 2.84. The normalized spacial score (nSPS) is 36.3. The Kier molecular flexibility index (Phi) is 3.17. The van der Waals surface area contributed by atoms with Crippen LogP contribution in [0, 0.1) is 23.2 Å². The summed E-state index contributed by atoms with van der Waals surface area (Å²) in [4.78, 5) is 0. The van der Waals surface area contributed by atoms with Gasteiger partial charge in [-0.1, -0.05) is 31.9 Å². The van der Waals surface area contributed by atoms with Crippen molar-refractivity contribution in [1.82, 2.24) is 0 Å². The first-order chi connectivity index (χ1) is 7.28. The number of rotatable bonds is 5. The first-order valence-electron chi connectivity index (χ1n) is 6.18. The lowest BCUT2D eigenvalue weighted by Crippen LogP contribution is -2.41. The van der Waals surface area contributed by atoms with Crippen molar-refractivity contribution in [2.75, 3.05) is 13.2 Å². The van der Waals surface area contributed by atoms with E-state index in [1.54, 1.807) is 0 Å². The molecule has 2 nitrogen and oxygen atoms in total. The molecule has 3 unspecified atom stereocenters. The zero-order valence-corrected chi connectivity index (χ0v) is 9.52. The molecule has 0 heterocycles. The van der Waals surface area contributed by atoms with Crippen LogP contribution in [-0.2, 0) is 0 Å². The van der Waals surface area contributed by atoms with Gasteiger partial charge >= 0.3 is 0 Å². The van der Waals surface area contributed by atoms with Gasteiger partial charge < -0.3 is 10.2 Å². The Balaban J connectivity index is 2.15. The molecule has 0 amide bonds. The summed E-state index contributed by atoms with van der Waals surface area (Å²) < 4.78 is 0. The predicted octanol–water partition coefficient (Wildman–Crippen LogP) is 1.97. The number of allylic oxidation sites excluding steroid dienone is 2. The van der Waals surface area contributed by atoms with Crippen LogP contribution in [0.1, 0.15) is 32.6 Å². The molecule has 0 aromatic heterocycles. The van der Waals surface area contributed by atoms with Gasteiger partial charge in [0.15, 0.2) is 0 Å². The summed E-state index contributed by atoms with van der Waals surface area (Å²) in [5.41, 5.74) is -0.214. The van der Waals surface area contributed by atoms with E-state index >= 15 is 0 Å². The van der Waals surface area contributed by atoms with Crippen LogP contribution >= 0.6 is 0 Å². The molecule has 1 fully saturated rings. The lowest BCUT2D eigenvalue weighted by atomic mass is 9.68. The molecule has 3 atom stereocenters. The van der Waals surface area contributed by atoms with Crippen molar-refractivity contribution in [2.45, 2.75) is 32.6 Å². The highest BCUT2D eigenvalue weighted by Crippen LogP contribution is 2.57.